The van der Waals surface area contributed by atoms with Gasteiger partial charge in [0.2, 0.25) is 0 Å². The number of benzene rings is 1. The van der Waals surface area contributed by atoms with Crippen molar-refractivity contribution in [2.24, 2.45) is 5.73 Å². The number of nitrogens with zero attached hydrogens (tertiary/aromatic N) is 2. The molecule has 1 atom stereocenters. The second-order valence-electron chi connectivity index (χ2n) is 5.66. The highest BCUT2D eigenvalue weighted by molar-refractivity contribution is 5.69. The predicted octanol–water partition coefficient (Wildman–Crippen LogP) is 2.28. The molecule has 1 aromatic heterocycles. The predicted molar refractivity (Wildman–Crippen MR) is 76.6 cm³/mol. The van der Waals surface area contributed by atoms with Crippen LogP contribution in [0.5, 0.6) is 5.75 Å². The summed E-state index contributed by atoms with van der Waals surface area (Å²) in [6, 6.07) is 6.18. The molecule has 4 heteroatoms. The maximum absolute atomic E-state index is 6.01. The van der Waals surface area contributed by atoms with E-state index < -0.39 is 0 Å². The number of rotatable bonds is 2. The number of nitrogens with two attached hydrogens (primary N) is 1. The van der Waals surface area contributed by atoms with Gasteiger partial charge in [0.05, 0.1) is 0 Å². The van der Waals surface area contributed by atoms with Crippen molar-refractivity contribution in [1.82, 2.24) is 9.97 Å². The highest BCUT2D eigenvalue weighted by atomic mass is 16.5. The van der Waals surface area contributed by atoms with E-state index in [-0.39, 0.29) is 6.04 Å². The molecular formula is C16H17N3O. The number of ether oxygens (including phenoxy) is 1. The molecule has 1 saturated carbocycles. The van der Waals surface area contributed by atoms with Crippen LogP contribution in [-0.4, -0.2) is 22.6 Å². The Kier molecular flexibility index (Phi) is 2.70. The maximum Gasteiger partial charge on any atom is 0.131 e. The minimum atomic E-state index is 0.0651. The normalized spacial score (nSPS) is 21.1. The fourth-order valence-electron chi connectivity index (χ4n) is 2.73. The SMILES string of the molecule is N[C@@H]1COc2cccc(-c3cnc(C4CC4)nc3)c2C1. The molecule has 0 radical (unpaired) electrons. The molecule has 1 aliphatic carbocycles. The van der Waals surface area contributed by atoms with Gasteiger partial charge < -0.3 is 10.5 Å². The second kappa shape index (κ2) is 4.56. The Balaban J connectivity index is 1.74. The van der Waals surface area contributed by atoms with Gasteiger partial charge in [-0.25, -0.2) is 9.97 Å². The lowest BCUT2D eigenvalue weighted by molar-refractivity contribution is 0.264. The van der Waals surface area contributed by atoms with E-state index >= 15 is 0 Å². The molecule has 1 fully saturated rings. The van der Waals surface area contributed by atoms with Gasteiger partial charge in [0, 0.05) is 35.5 Å². The zero-order chi connectivity index (χ0) is 13.5. The number of hydrogen-bond donors (Lipinski definition) is 1. The molecule has 2 N–H and O–H groups in total. The molecule has 102 valence electrons. The van der Waals surface area contributed by atoms with Crippen molar-refractivity contribution in [2.45, 2.75) is 31.2 Å². The van der Waals surface area contributed by atoms with Crippen molar-refractivity contribution >= 4 is 0 Å². The Morgan fingerprint density at radius 2 is 1.95 bits per heavy atom. The fraction of sp³-hybridized carbons (Fsp3) is 0.375. The van der Waals surface area contributed by atoms with Crippen molar-refractivity contribution in [3.63, 3.8) is 0 Å². The van der Waals surface area contributed by atoms with Gasteiger partial charge in [0.1, 0.15) is 18.2 Å². The molecule has 20 heavy (non-hydrogen) atoms. The molecule has 0 spiro atoms. The van der Waals surface area contributed by atoms with E-state index in [1.165, 1.54) is 18.4 Å². The molecule has 2 aromatic rings. The second-order valence-corrected chi connectivity index (χ2v) is 5.66. The Labute approximate surface area is 118 Å². The summed E-state index contributed by atoms with van der Waals surface area (Å²) in [5.41, 5.74) is 9.37. The molecule has 2 heterocycles. The molecule has 0 saturated heterocycles. The van der Waals surface area contributed by atoms with Crippen LogP contribution in [0.4, 0.5) is 0 Å². The van der Waals surface area contributed by atoms with Crippen LogP contribution < -0.4 is 10.5 Å². The molecule has 0 amide bonds. The van der Waals surface area contributed by atoms with E-state index in [4.69, 9.17) is 10.5 Å². The zero-order valence-corrected chi connectivity index (χ0v) is 11.2. The van der Waals surface area contributed by atoms with Crippen molar-refractivity contribution < 1.29 is 4.74 Å². The molecule has 1 aliphatic heterocycles. The van der Waals surface area contributed by atoms with Gasteiger partial charge in [0.15, 0.2) is 0 Å². The third-order valence-electron chi connectivity index (χ3n) is 3.98. The van der Waals surface area contributed by atoms with Crippen LogP contribution in [0.25, 0.3) is 11.1 Å². The maximum atomic E-state index is 6.01. The summed E-state index contributed by atoms with van der Waals surface area (Å²) in [4.78, 5) is 9.00. The Morgan fingerprint density at radius 1 is 1.15 bits per heavy atom. The topological polar surface area (TPSA) is 61.0 Å². The zero-order valence-electron chi connectivity index (χ0n) is 11.2. The molecule has 0 unspecified atom stereocenters. The van der Waals surface area contributed by atoms with Crippen molar-refractivity contribution in [3.8, 4) is 16.9 Å². The smallest absolute Gasteiger partial charge is 0.131 e. The van der Waals surface area contributed by atoms with Gasteiger partial charge in [-0.05, 0) is 30.9 Å². The van der Waals surface area contributed by atoms with Gasteiger partial charge >= 0.3 is 0 Å². The standard InChI is InChI=1S/C16H17N3O/c17-12-6-14-13(2-1-3-15(14)20-9-12)11-7-18-16(19-8-11)10-4-5-10/h1-3,7-8,10,12H,4-6,9,17H2/t12-/m0/s1. The quantitative estimate of drug-likeness (QED) is 0.906. The van der Waals surface area contributed by atoms with Crippen molar-refractivity contribution in [2.75, 3.05) is 6.61 Å². The molecular weight excluding hydrogens is 250 g/mol. The monoisotopic (exact) mass is 267 g/mol. The van der Waals surface area contributed by atoms with E-state index in [1.54, 1.807) is 0 Å². The first kappa shape index (κ1) is 11.9. The van der Waals surface area contributed by atoms with Crippen LogP contribution in [-0.2, 0) is 6.42 Å². The van der Waals surface area contributed by atoms with Gasteiger partial charge in [-0.15, -0.1) is 0 Å². The van der Waals surface area contributed by atoms with E-state index in [1.807, 2.05) is 24.5 Å². The van der Waals surface area contributed by atoms with Crippen LogP contribution in [0.3, 0.4) is 0 Å². The lowest BCUT2D eigenvalue weighted by atomic mass is 9.94. The average molecular weight is 267 g/mol. The summed E-state index contributed by atoms with van der Waals surface area (Å²) in [5.74, 6) is 2.51. The molecule has 0 bridgehead atoms. The van der Waals surface area contributed by atoms with Crippen molar-refractivity contribution in [1.29, 1.82) is 0 Å². The first-order valence-corrected chi connectivity index (χ1v) is 7.14. The number of aromatic nitrogens is 2. The molecule has 4 rings (SSSR count). The van der Waals surface area contributed by atoms with Crippen LogP contribution >= 0.6 is 0 Å². The van der Waals surface area contributed by atoms with Gasteiger partial charge in [-0.3, -0.25) is 0 Å². The van der Waals surface area contributed by atoms with Gasteiger partial charge in [-0.2, -0.15) is 0 Å². The molecule has 1 aromatic carbocycles. The highest BCUT2D eigenvalue weighted by Gasteiger charge is 2.26. The molecule has 4 nitrogen and oxygen atoms in total. The summed E-state index contributed by atoms with van der Waals surface area (Å²) in [6.45, 7) is 0.591. The van der Waals surface area contributed by atoms with Crippen LogP contribution in [0.2, 0.25) is 0 Å². The minimum absolute atomic E-state index is 0.0651. The first-order chi connectivity index (χ1) is 9.81. The van der Waals surface area contributed by atoms with Crippen LogP contribution in [0, 0.1) is 0 Å². The van der Waals surface area contributed by atoms with Crippen LogP contribution in [0.15, 0.2) is 30.6 Å². The van der Waals surface area contributed by atoms with E-state index in [2.05, 4.69) is 16.0 Å². The Hall–Kier alpha value is -1.94. The van der Waals surface area contributed by atoms with Crippen LogP contribution in [0.1, 0.15) is 30.1 Å². The Bertz CT molecular complexity index is 635. The van der Waals surface area contributed by atoms with Gasteiger partial charge in [-0.1, -0.05) is 12.1 Å². The van der Waals surface area contributed by atoms with Gasteiger partial charge in [0.25, 0.3) is 0 Å². The lowest BCUT2D eigenvalue weighted by Crippen LogP contribution is -2.34. The summed E-state index contributed by atoms with van der Waals surface area (Å²) in [6.07, 6.45) is 7.15. The first-order valence-electron chi connectivity index (χ1n) is 7.14. The summed E-state index contributed by atoms with van der Waals surface area (Å²) < 4.78 is 5.70. The fourth-order valence-corrected chi connectivity index (χ4v) is 2.73. The third kappa shape index (κ3) is 2.06. The van der Waals surface area contributed by atoms with E-state index in [0.717, 1.165) is 29.1 Å². The molecule has 2 aliphatic rings. The van der Waals surface area contributed by atoms with E-state index in [0.29, 0.717) is 12.5 Å². The third-order valence-corrected chi connectivity index (χ3v) is 3.98. The summed E-state index contributed by atoms with van der Waals surface area (Å²) in [5, 5.41) is 0. The average Bonchev–Trinajstić information content (AvgIpc) is 3.31. The number of hydrogen-bond acceptors (Lipinski definition) is 4. The summed E-state index contributed by atoms with van der Waals surface area (Å²) >= 11 is 0. The largest absolute Gasteiger partial charge is 0.492 e. The van der Waals surface area contributed by atoms with Crippen molar-refractivity contribution in [3.05, 3.63) is 42.0 Å². The lowest BCUT2D eigenvalue weighted by Gasteiger charge is -2.24. The number of fused-ring (bicyclic) bond motifs is 1. The Morgan fingerprint density at radius 3 is 2.70 bits per heavy atom. The summed E-state index contributed by atoms with van der Waals surface area (Å²) in [7, 11) is 0. The highest BCUT2D eigenvalue weighted by Crippen LogP contribution is 2.38. The van der Waals surface area contributed by atoms with E-state index in [9.17, 15) is 0 Å². The minimum Gasteiger partial charge on any atom is -0.492 e.